The summed E-state index contributed by atoms with van der Waals surface area (Å²) < 4.78 is 16.9. The molecule has 1 amide bonds. The smallest absolute Gasteiger partial charge is 0.407 e. The van der Waals surface area contributed by atoms with Crippen molar-refractivity contribution in [2.45, 2.75) is 12.3 Å². The maximum atomic E-state index is 11.9. The van der Waals surface area contributed by atoms with Gasteiger partial charge in [-0.3, -0.25) is 0 Å². The van der Waals surface area contributed by atoms with Crippen molar-refractivity contribution in [1.82, 2.24) is 10.6 Å². The van der Waals surface area contributed by atoms with E-state index in [0.29, 0.717) is 26.2 Å². The molecule has 0 aliphatic heterocycles. The molecule has 2 N–H and O–H groups in total. The molecular formula is C20H23FN2O3. The van der Waals surface area contributed by atoms with Crippen LogP contribution in [0.15, 0.2) is 48.5 Å². The van der Waals surface area contributed by atoms with Gasteiger partial charge in [0, 0.05) is 19.0 Å². The number of carbonyl (C=O) groups is 1. The van der Waals surface area contributed by atoms with E-state index in [9.17, 15) is 9.32 Å². The maximum Gasteiger partial charge on any atom is 0.407 e. The lowest BCUT2D eigenvalue weighted by molar-refractivity contribution is -0.129. The van der Waals surface area contributed by atoms with Gasteiger partial charge in [-0.1, -0.05) is 48.5 Å². The van der Waals surface area contributed by atoms with Crippen LogP contribution < -0.4 is 10.6 Å². The maximum absolute atomic E-state index is 11.9. The molecule has 3 rings (SSSR count). The summed E-state index contributed by atoms with van der Waals surface area (Å²) in [5, 5.41) is 5.74. The summed E-state index contributed by atoms with van der Waals surface area (Å²) in [4.78, 5) is 15.4. The Morgan fingerprint density at radius 3 is 2.27 bits per heavy atom. The number of nitrogens with one attached hydrogen (secondary N) is 2. The molecule has 26 heavy (non-hydrogen) atoms. The number of halogens is 1. The van der Waals surface area contributed by atoms with E-state index in [1.807, 2.05) is 24.3 Å². The van der Waals surface area contributed by atoms with Crippen LogP contribution in [0.25, 0.3) is 11.1 Å². The lowest BCUT2D eigenvalue weighted by Crippen LogP contribution is -2.29. The van der Waals surface area contributed by atoms with E-state index in [2.05, 4.69) is 39.8 Å². The van der Waals surface area contributed by atoms with Crippen LogP contribution in [0.5, 0.6) is 0 Å². The van der Waals surface area contributed by atoms with Crippen LogP contribution in [0.4, 0.5) is 9.32 Å². The predicted octanol–water partition coefficient (Wildman–Crippen LogP) is 3.41. The highest BCUT2D eigenvalue weighted by atomic mass is 19.3. The van der Waals surface area contributed by atoms with E-state index >= 15 is 0 Å². The first kappa shape index (κ1) is 18.4. The minimum absolute atomic E-state index is 0.0276. The van der Waals surface area contributed by atoms with Crippen molar-refractivity contribution >= 4 is 6.09 Å². The average molecular weight is 358 g/mol. The van der Waals surface area contributed by atoms with Crippen LogP contribution >= 0.6 is 0 Å². The molecule has 138 valence electrons. The van der Waals surface area contributed by atoms with Gasteiger partial charge in [0.25, 0.3) is 0 Å². The Morgan fingerprint density at radius 2 is 1.62 bits per heavy atom. The fourth-order valence-electron chi connectivity index (χ4n) is 3.29. The molecular weight excluding hydrogens is 335 g/mol. The number of benzene rings is 2. The molecule has 0 bridgehead atoms. The fourth-order valence-corrected chi connectivity index (χ4v) is 3.29. The Labute approximate surface area is 152 Å². The molecule has 0 fully saturated rings. The average Bonchev–Trinajstić information content (AvgIpc) is 3.00. The van der Waals surface area contributed by atoms with Crippen LogP contribution in [0, 0.1) is 0 Å². The van der Waals surface area contributed by atoms with Gasteiger partial charge >= 0.3 is 6.09 Å². The van der Waals surface area contributed by atoms with Crippen molar-refractivity contribution in [3.05, 3.63) is 59.7 Å². The summed E-state index contributed by atoms with van der Waals surface area (Å²) in [6.45, 7) is 1.96. The SMILES string of the molecule is O=C(NCCCNCCOF)OCC1c2ccccc2-c2ccccc21. The van der Waals surface area contributed by atoms with Crippen LogP contribution in [0.2, 0.25) is 0 Å². The second-order valence-corrected chi connectivity index (χ2v) is 6.17. The number of carbonyl (C=O) groups excluding carboxylic acids is 1. The number of fused-ring (bicyclic) bond motifs is 3. The predicted molar refractivity (Wildman–Crippen MR) is 97.6 cm³/mol. The number of hydrogen-bond acceptors (Lipinski definition) is 4. The molecule has 0 spiro atoms. The van der Waals surface area contributed by atoms with Crippen molar-refractivity contribution in [1.29, 1.82) is 0 Å². The van der Waals surface area contributed by atoms with E-state index in [4.69, 9.17) is 4.74 Å². The van der Waals surface area contributed by atoms with E-state index in [-0.39, 0.29) is 12.5 Å². The van der Waals surface area contributed by atoms with Crippen LogP contribution in [-0.4, -0.2) is 38.9 Å². The van der Waals surface area contributed by atoms with Gasteiger partial charge in [0.1, 0.15) is 13.2 Å². The van der Waals surface area contributed by atoms with Gasteiger partial charge in [-0.05, 0) is 39.7 Å². The van der Waals surface area contributed by atoms with Crippen LogP contribution in [0.3, 0.4) is 0 Å². The summed E-state index contributed by atoms with van der Waals surface area (Å²) in [5.41, 5.74) is 4.81. The quantitative estimate of drug-likeness (QED) is 0.675. The van der Waals surface area contributed by atoms with Gasteiger partial charge in [-0.15, -0.1) is 0 Å². The molecule has 1 aliphatic rings. The van der Waals surface area contributed by atoms with Gasteiger partial charge in [0.15, 0.2) is 0 Å². The van der Waals surface area contributed by atoms with Crippen LogP contribution in [0.1, 0.15) is 23.5 Å². The summed E-state index contributed by atoms with van der Waals surface area (Å²) >= 11 is 0. The molecule has 2 aromatic carbocycles. The Balaban J connectivity index is 1.47. The number of ether oxygens (including phenoxy) is 1. The van der Waals surface area contributed by atoms with E-state index in [1.54, 1.807) is 0 Å². The molecule has 0 heterocycles. The van der Waals surface area contributed by atoms with Crippen molar-refractivity contribution in [3.8, 4) is 11.1 Å². The number of alkyl carbamates (subject to hydrolysis) is 1. The summed E-state index contributed by atoms with van der Waals surface area (Å²) in [7, 11) is 0. The van der Waals surface area contributed by atoms with E-state index < -0.39 is 6.09 Å². The fraction of sp³-hybridized carbons (Fsp3) is 0.350. The molecule has 0 saturated carbocycles. The zero-order chi connectivity index (χ0) is 18.2. The monoisotopic (exact) mass is 358 g/mol. The van der Waals surface area contributed by atoms with E-state index in [0.717, 1.165) is 6.42 Å². The van der Waals surface area contributed by atoms with Crippen LogP contribution in [-0.2, 0) is 9.68 Å². The molecule has 2 aromatic rings. The minimum Gasteiger partial charge on any atom is -0.449 e. The standard InChI is InChI=1S/C20H23FN2O3/c21-26-13-12-22-10-5-11-23-20(24)25-14-19-17-8-3-1-6-15(17)16-7-2-4-9-18(16)19/h1-4,6-9,19,22H,5,10-14H2,(H,23,24). The lowest BCUT2D eigenvalue weighted by Gasteiger charge is -2.14. The topological polar surface area (TPSA) is 59.6 Å². The largest absolute Gasteiger partial charge is 0.449 e. The summed E-state index contributed by atoms with van der Waals surface area (Å²) in [5.74, 6) is 0.0653. The molecule has 0 atom stereocenters. The normalized spacial score (nSPS) is 12.5. The van der Waals surface area contributed by atoms with Gasteiger partial charge in [-0.25, -0.2) is 4.79 Å². The van der Waals surface area contributed by atoms with Crippen molar-refractivity contribution in [2.24, 2.45) is 0 Å². The summed E-state index contributed by atoms with van der Waals surface area (Å²) in [6.07, 6.45) is 0.315. The first-order valence-electron chi connectivity index (χ1n) is 8.84. The third kappa shape index (κ3) is 4.39. The molecule has 5 nitrogen and oxygen atoms in total. The van der Waals surface area contributed by atoms with Gasteiger partial charge in [0.2, 0.25) is 0 Å². The zero-order valence-electron chi connectivity index (χ0n) is 14.5. The van der Waals surface area contributed by atoms with E-state index in [1.165, 1.54) is 22.3 Å². The van der Waals surface area contributed by atoms with Crippen molar-refractivity contribution in [2.75, 3.05) is 32.8 Å². The Bertz CT molecular complexity index is 693. The second kappa shape index (κ2) is 9.31. The number of hydrogen-bond donors (Lipinski definition) is 2. The van der Waals surface area contributed by atoms with Crippen molar-refractivity contribution in [3.63, 3.8) is 0 Å². The molecule has 0 radical (unpaired) electrons. The molecule has 0 aromatic heterocycles. The molecule has 0 unspecified atom stereocenters. The Kier molecular flexibility index (Phi) is 6.57. The lowest BCUT2D eigenvalue weighted by atomic mass is 9.98. The zero-order valence-corrected chi connectivity index (χ0v) is 14.5. The number of amides is 1. The highest BCUT2D eigenvalue weighted by molar-refractivity contribution is 5.79. The first-order valence-corrected chi connectivity index (χ1v) is 8.84. The Morgan fingerprint density at radius 1 is 0.962 bits per heavy atom. The number of rotatable bonds is 9. The Hall–Kier alpha value is -2.44. The highest BCUT2D eigenvalue weighted by Gasteiger charge is 2.28. The molecule has 6 heteroatoms. The third-order valence-electron chi connectivity index (χ3n) is 4.50. The molecule has 1 aliphatic carbocycles. The molecule has 0 saturated heterocycles. The van der Waals surface area contributed by atoms with Gasteiger partial charge in [-0.2, -0.15) is 4.94 Å². The van der Waals surface area contributed by atoms with Gasteiger partial charge < -0.3 is 15.4 Å². The summed E-state index contributed by atoms with van der Waals surface area (Å²) in [6, 6.07) is 16.5. The second-order valence-electron chi connectivity index (χ2n) is 6.17. The third-order valence-corrected chi connectivity index (χ3v) is 4.50. The minimum atomic E-state index is -0.418. The van der Waals surface area contributed by atoms with Crippen molar-refractivity contribution < 1.29 is 19.0 Å². The van der Waals surface area contributed by atoms with Gasteiger partial charge in [0.05, 0.1) is 0 Å². The highest BCUT2D eigenvalue weighted by Crippen LogP contribution is 2.44. The first-order chi connectivity index (χ1) is 12.8.